The molecule has 0 fully saturated rings. The van der Waals surface area contributed by atoms with Crippen LogP contribution in [0.4, 0.5) is 0 Å². The Hall–Kier alpha value is -0.710. The van der Waals surface area contributed by atoms with Crippen LogP contribution in [-0.2, 0) is 4.74 Å². The summed E-state index contributed by atoms with van der Waals surface area (Å²) in [5.41, 5.74) is 2.55. The Morgan fingerprint density at radius 2 is 2.17 bits per heavy atom. The minimum absolute atomic E-state index is 0.543. The van der Waals surface area contributed by atoms with Crippen LogP contribution in [-0.4, -0.2) is 31.8 Å². The second kappa shape index (κ2) is 7.67. The van der Waals surface area contributed by atoms with Crippen LogP contribution in [0.2, 0.25) is 0 Å². The average molecular weight is 268 g/mol. The van der Waals surface area contributed by atoms with Crippen LogP contribution in [0, 0.1) is 19.8 Å². The molecular weight excluding hydrogens is 244 g/mol. The lowest BCUT2D eigenvalue weighted by Crippen LogP contribution is -2.23. The third-order valence-electron chi connectivity index (χ3n) is 2.81. The van der Waals surface area contributed by atoms with Gasteiger partial charge < -0.3 is 10.1 Å². The summed E-state index contributed by atoms with van der Waals surface area (Å²) in [6, 6.07) is 0. The first-order valence-corrected chi connectivity index (χ1v) is 7.20. The molecule has 0 spiro atoms. The SMILES string of the molecule is COCCNCC(=Cc1sc(C)nc1C)C(C)C. The minimum atomic E-state index is 0.543. The Bertz CT molecular complexity index is 396. The maximum atomic E-state index is 5.03. The maximum Gasteiger partial charge on any atom is 0.0903 e. The molecule has 0 saturated carbocycles. The van der Waals surface area contributed by atoms with E-state index >= 15 is 0 Å². The molecule has 0 aromatic carbocycles. The van der Waals surface area contributed by atoms with Gasteiger partial charge >= 0.3 is 0 Å². The van der Waals surface area contributed by atoms with Crippen molar-refractivity contribution in [3.8, 4) is 0 Å². The Kier molecular flexibility index (Phi) is 6.54. The van der Waals surface area contributed by atoms with Gasteiger partial charge in [0.25, 0.3) is 0 Å². The number of thiazole rings is 1. The van der Waals surface area contributed by atoms with E-state index in [1.165, 1.54) is 10.5 Å². The number of nitrogens with zero attached hydrogens (tertiary/aromatic N) is 1. The molecule has 0 aliphatic carbocycles. The predicted octanol–water partition coefficient (Wildman–Crippen LogP) is 3.04. The molecule has 18 heavy (non-hydrogen) atoms. The molecule has 0 aliphatic heterocycles. The lowest BCUT2D eigenvalue weighted by atomic mass is 10.0. The summed E-state index contributed by atoms with van der Waals surface area (Å²) in [4.78, 5) is 5.75. The smallest absolute Gasteiger partial charge is 0.0903 e. The van der Waals surface area contributed by atoms with Gasteiger partial charge in [-0.15, -0.1) is 11.3 Å². The standard InChI is InChI=1S/C14H24N2OS/c1-10(2)13(9-15-6-7-17-5)8-14-11(3)16-12(4)18-14/h8,10,15H,6-7,9H2,1-5H3. The number of aryl methyl sites for hydroxylation is 2. The van der Waals surface area contributed by atoms with Gasteiger partial charge in [-0.25, -0.2) is 4.98 Å². The van der Waals surface area contributed by atoms with E-state index in [0.29, 0.717) is 5.92 Å². The van der Waals surface area contributed by atoms with Crippen molar-refractivity contribution >= 4 is 17.4 Å². The highest BCUT2D eigenvalue weighted by molar-refractivity contribution is 7.12. The van der Waals surface area contributed by atoms with E-state index in [9.17, 15) is 0 Å². The normalized spacial score (nSPS) is 12.4. The number of nitrogens with one attached hydrogen (secondary N) is 1. The fourth-order valence-electron chi connectivity index (χ4n) is 1.68. The van der Waals surface area contributed by atoms with Crippen LogP contribution in [0.25, 0.3) is 6.08 Å². The second-order valence-corrected chi connectivity index (χ2v) is 5.96. The molecule has 1 rings (SSSR count). The van der Waals surface area contributed by atoms with Gasteiger partial charge in [0.15, 0.2) is 0 Å². The zero-order chi connectivity index (χ0) is 13.5. The molecule has 4 heteroatoms. The van der Waals surface area contributed by atoms with Gasteiger partial charge in [0.1, 0.15) is 0 Å². The summed E-state index contributed by atoms with van der Waals surface area (Å²) in [6.07, 6.45) is 2.28. The Morgan fingerprint density at radius 3 is 2.67 bits per heavy atom. The first-order chi connectivity index (χ1) is 8.54. The molecule has 102 valence electrons. The van der Waals surface area contributed by atoms with Crippen molar-refractivity contribution in [3.05, 3.63) is 21.2 Å². The van der Waals surface area contributed by atoms with E-state index in [4.69, 9.17) is 4.74 Å². The second-order valence-electron chi connectivity index (χ2n) is 4.73. The van der Waals surface area contributed by atoms with Gasteiger partial charge in [-0.1, -0.05) is 19.4 Å². The van der Waals surface area contributed by atoms with Crippen LogP contribution in [0.1, 0.15) is 29.4 Å². The molecule has 1 N–H and O–H groups in total. The number of aromatic nitrogens is 1. The summed E-state index contributed by atoms with van der Waals surface area (Å²) in [6.45, 7) is 11.1. The van der Waals surface area contributed by atoms with Gasteiger partial charge in [-0.3, -0.25) is 0 Å². The van der Waals surface area contributed by atoms with Crippen molar-refractivity contribution in [3.63, 3.8) is 0 Å². The van der Waals surface area contributed by atoms with Gasteiger partial charge in [0.2, 0.25) is 0 Å². The molecule has 0 unspecified atom stereocenters. The topological polar surface area (TPSA) is 34.1 Å². The van der Waals surface area contributed by atoms with Crippen LogP contribution >= 0.6 is 11.3 Å². The van der Waals surface area contributed by atoms with Crippen LogP contribution in [0.5, 0.6) is 0 Å². The van der Waals surface area contributed by atoms with Gasteiger partial charge in [0.05, 0.1) is 22.2 Å². The highest BCUT2D eigenvalue weighted by Gasteiger charge is 2.07. The molecule has 0 atom stereocenters. The van der Waals surface area contributed by atoms with Crippen LogP contribution < -0.4 is 5.32 Å². The summed E-state index contributed by atoms with van der Waals surface area (Å²) in [7, 11) is 1.73. The summed E-state index contributed by atoms with van der Waals surface area (Å²) < 4.78 is 5.03. The van der Waals surface area contributed by atoms with Gasteiger partial charge in [-0.05, 0) is 25.8 Å². The van der Waals surface area contributed by atoms with Crippen molar-refractivity contribution in [2.45, 2.75) is 27.7 Å². The molecular formula is C14H24N2OS. The molecule has 0 bridgehead atoms. The number of rotatable bonds is 7. The molecule has 1 heterocycles. The Balaban J connectivity index is 2.69. The lowest BCUT2D eigenvalue weighted by molar-refractivity contribution is 0.200. The van der Waals surface area contributed by atoms with E-state index in [1.807, 2.05) is 0 Å². The third-order valence-corrected chi connectivity index (χ3v) is 3.83. The Morgan fingerprint density at radius 1 is 1.44 bits per heavy atom. The molecule has 0 saturated heterocycles. The monoisotopic (exact) mass is 268 g/mol. The molecule has 3 nitrogen and oxygen atoms in total. The lowest BCUT2D eigenvalue weighted by Gasteiger charge is -2.12. The van der Waals surface area contributed by atoms with E-state index < -0.39 is 0 Å². The van der Waals surface area contributed by atoms with E-state index in [2.05, 4.69) is 44.1 Å². The van der Waals surface area contributed by atoms with E-state index in [0.717, 1.165) is 30.4 Å². The molecule has 0 amide bonds. The maximum absolute atomic E-state index is 5.03. The number of hydrogen-bond acceptors (Lipinski definition) is 4. The highest BCUT2D eigenvalue weighted by atomic mass is 32.1. The Labute approximate surface area is 114 Å². The summed E-state index contributed by atoms with van der Waals surface area (Å²) >= 11 is 1.76. The highest BCUT2D eigenvalue weighted by Crippen LogP contribution is 2.22. The number of methoxy groups -OCH3 is 1. The van der Waals surface area contributed by atoms with Gasteiger partial charge in [0, 0.05) is 20.2 Å². The molecule has 1 aromatic heterocycles. The van der Waals surface area contributed by atoms with E-state index in [1.54, 1.807) is 18.4 Å². The molecule has 0 aliphatic rings. The fraction of sp³-hybridized carbons (Fsp3) is 0.643. The average Bonchev–Trinajstić information content (AvgIpc) is 2.61. The fourth-order valence-corrected chi connectivity index (χ4v) is 2.58. The quantitative estimate of drug-likeness (QED) is 0.772. The first-order valence-electron chi connectivity index (χ1n) is 6.38. The van der Waals surface area contributed by atoms with E-state index in [-0.39, 0.29) is 0 Å². The van der Waals surface area contributed by atoms with Gasteiger partial charge in [-0.2, -0.15) is 0 Å². The van der Waals surface area contributed by atoms with Crippen molar-refractivity contribution in [2.24, 2.45) is 5.92 Å². The van der Waals surface area contributed by atoms with Crippen molar-refractivity contribution in [1.82, 2.24) is 10.3 Å². The minimum Gasteiger partial charge on any atom is -0.383 e. The number of hydrogen-bond donors (Lipinski definition) is 1. The number of ether oxygens (including phenoxy) is 1. The molecule has 0 radical (unpaired) electrons. The summed E-state index contributed by atoms with van der Waals surface area (Å²) in [5.74, 6) is 0.543. The largest absolute Gasteiger partial charge is 0.383 e. The van der Waals surface area contributed by atoms with Crippen LogP contribution in [0.3, 0.4) is 0 Å². The zero-order valence-electron chi connectivity index (χ0n) is 12.0. The zero-order valence-corrected chi connectivity index (χ0v) is 12.9. The predicted molar refractivity (Wildman–Crippen MR) is 79.1 cm³/mol. The first kappa shape index (κ1) is 15.3. The van der Waals surface area contributed by atoms with Crippen molar-refractivity contribution < 1.29 is 4.74 Å². The van der Waals surface area contributed by atoms with Crippen LogP contribution in [0.15, 0.2) is 5.57 Å². The van der Waals surface area contributed by atoms with Crippen molar-refractivity contribution in [2.75, 3.05) is 26.8 Å². The summed E-state index contributed by atoms with van der Waals surface area (Å²) in [5, 5.41) is 4.54. The third kappa shape index (κ3) is 4.88. The molecule has 1 aromatic rings. The van der Waals surface area contributed by atoms with Crippen molar-refractivity contribution in [1.29, 1.82) is 0 Å².